The minimum absolute atomic E-state index is 0.211. The number of benzene rings is 2. The SMILES string of the molecule is CC(=O)CCc1ccc(Sc2ccc(C(N)=O)cc2)cc1. The predicted molar refractivity (Wildman–Crippen MR) is 84.5 cm³/mol. The molecule has 4 heteroatoms. The number of nitrogens with two attached hydrogens (primary N) is 1. The Kier molecular flexibility index (Phi) is 5.17. The third-order valence-electron chi connectivity index (χ3n) is 3.06. The van der Waals surface area contributed by atoms with Crippen LogP contribution in [0.4, 0.5) is 0 Å². The van der Waals surface area contributed by atoms with Crippen molar-refractivity contribution in [2.45, 2.75) is 29.6 Å². The van der Waals surface area contributed by atoms with E-state index in [4.69, 9.17) is 5.73 Å². The second-order valence-corrected chi connectivity index (χ2v) is 5.98. The van der Waals surface area contributed by atoms with E-state index in [2.05, 4.69) is 0 Å². The first-order valence-electron chi connectivity index (χ1n) is 6.71. The molecular weight excluding hydrogens is 282 g/mol. The average Bonchev–Trinajstić information content (AvgIpc) is 2.47. The number of primary amides is 1. The second kappa shape index (κ2) is 7.09. The van der Waals surface area contributed by atoms with Gasteiger partial charge in [0, 0.05) is 21.8 Å². The molecule has 0 radical (unpaired) electrons. The van der Waals surface area contributed by atoms with Crippen molar-refractivity contribution in [3.8, 4) is 0 Å². The van der Waals surface area contributed by atoms with Crippen LogP contribution in [-0.4, -0.2) is 11.7 Å². The second-order valence-electron chi connectivity index (χ2n) is 4.84. The van der Waals surface area contributed by atoms with Crippen LogP contribution in [0.15, 0.2) is 58.3 Å². The van der Waals surface area contributed by atoms with Gasteiger partial charge in [-0.2, -0.15) is 0 Å². The lowest BCUT2D eigenvalue weighted by molar-refractivity contribution is -0.116. The molecule has 0 fully saturated rings. The highest BCUT2D eigenvalue weighted by molar-refractivity contribution is 7.99. The monoisotopic (exact) mass is 299 g/mol. The summed E-state index contributed by atoms with van der Waals surface area (Å²) < 4.78 is 0. The minimum atomic E-state index is -0.415. The minimum Gasteiger partial charge on any atom is -0.366 e. The molecule has 0 unspecified atom stereocenters. The third-order valence-corrected chi connectivity index (χ3v) is 4.08. The molecule has 0 aliphatic rings. The fraction of sp³-hybridized carbons (Fsp3) is 0.176. The molecule has 0 atom stereocenters. The van der Waals surface area contributed by atoms with Gasteiger partial charge < -0.3 is 10.5 Å². The van der Waals surface area contributed by atoms with Crippen molar-refractivity contribution in [2.24, 2.45) is 5.73 Å². The Morgan fingerprint density at radius 1 is 0.952 bits per heavy atom. The molecule has 2 aromatic carbocycles. The van der Waals surface area contributed by atoms with Crippen molar-refractivity contribution >= 4 is 23.5 Å². The summed E-state index contributed by atoms with van der Waals surface area (Å²) >= 11 is 1.62. The summed E-state index contributed by atoms with van der Waals surface area (Å²) in [6.45, 7) is 1.61. The molecule has 3 nitrogen and oxygen atoms in total. The Morgan fingerprint density at radius 3 is 1.95 bits per heavy atom. The first kappa shape index (κ1) is 15.3. The van der Waals surface area contributed by atoms with E-state index in [0.717, 1.165) is 16.2 Å². The van der Waals surface area contributed by atoms with Crippen molar-refractivity contribution in [3.63, 3.8) is 0 Å². The molecule has 2 aromatic rings. The molecular formula is C17H17NO2S. The van der Waals surface area contributed by atoms with Gasteiger partial charge in [0.15, 0.2) is 0 Å². The van der Waals surface area contributed by atoms with Crippen LogP contribution in [0.5, 0.6) is 0 Å². The third kappa shape index (κ3) is 4.76. The van der Waals surface area contributed by atoms with E-state index in [1.807, 2.05) is 36.4 Å². The lowest BCUT2D eigenvalue weighted by atomic mass is 10.1. The molecule has 0 heterocycles. The van der Waals surface area contributed by atoms with E-state index >= 15 is 0 Å². The molecule has 0 aliphatic heterocycles. The van der Waals surface area contributed by atoms with Crippen molar-refractivity contribution < 1.29 is 9.59 Å². The Bertz CT molecular complexity index is 633. The fourth-order valence-corrected chi connectivity index (χ4v) is 2.68. The van der Waals surface area contributed by atoms with Crippen LogP contribution in [0.3, 0.4) is 0 Å². The van der Waals surface area contributed by atoms with Gasteiger partial charge in [-0.3, -0.25) is 4.79 Å². The Morgan fingerprint density at radius 2 is 1.48 bits per heavy atom. The van der Waals surface area contributed by atoms with Crippen molar-refractivity contribution in [3.05, 3.63) is 59.7 Å². The largest absolute Gasteiger partial charge is 0.366 e. The first-order valence-corrected chi connectivity index (χ1v) is 7.52. The van der Waals surface area contributed by atoms with E-state index in [1.54, 1.807) is 30.8 Å². The summed E-state index contributed by atoms with van der Waals surface area (Å²) in [5.41, 5.74) is 6.89. The molecule has 0 spiro atoms. The summed E-state index contributed by atoms with van der Waals surface area (Å²) in [6, 6.07) is 15.4. The fourth-order valence-electron chi connectivity index (χ4n) is 1.87. The lowest BCUT2D eigenvalue weighted by Gasteiger charge is -2.04. The van der Waals surface area contributed by atoms with Gasteiger partial charge in [-0.1, -0.05) is 23.9 Å². The number of rotatable bonds is 6. The van der Waals surface area contributed by atoms with Crippen molar-refractivity contribution in [1.29, 1.82) is 0 Å². The molecule has 1 amide bonds. The summed E-state index contributed by atoms with van der Waals surface area (Å²) in [5.74, 6) is -0.204. The highest BCUT2D eigenvalue weighted by Crippen LogP contribution is 2.28. The normalized spacial score (nSPS) is 10.3. The number of Topliss-reactive ketones (excluding diaryl/α,β-unsaturated/α-hetero) is 1. The molecule has 0 aromatic heterocycles. The number of carbonyl (C=O) groups excluding carboxylic acids is 2. The zero-order chi connectivity index (χ0) is 15.2. The maximum Gasteiger partial charge on any atom is 0.248 e. The Hall–Kier alpha value is -2.07. The van der Waals surface area contributed by atoms with Gasteiger partial charge >= 0.3 is 0 Å². The molecule has 0 bridgehead atoms. The van der Waals surface area contributed by atoms with E-state index in [1.165, 1.54) is 5.56 Å². The molecule has 2 N–H and O–H groups in total. The highest BCUT2D eigenvalue weighted by atomic mass is 32.2. The van der Waals surface area contributed by atoms with E-state index < -0.39 is 5.91 Å². The van der Waals surface area contributed by atoms with Gasteiger partial charge in [-0.25, -0.2) is 0 Å². The van der Waals surface area contributed by atoms with Crippen LogP contribution in [0, 0.1) is 0 Å². The Labute approximate surface area is 128 Å². The maximum atomic E-state index is 11.0. The van der Waals surface area contributed by atoms with Gasteiger partial charge in [-0.15, -0.1) is 0 Å². The molecule has 21 heavy (non-hydrogen) atoms. The van der Waals surface area contributed by atoms with Crippen LogP contribution in [0.25, 0.3) is 0 Å². The molecule has 0 aliphatic carbocycles. The van der Waals surface area contributed by atoms with E-state index in [-0.39, 0.29) is 5.78 Å². The van der Waals surface area contributed by atoms with Gasteiger partial charge in [0.1, 0.15) is 5.78 Å². The number of aryl methyl sites for hydroxylation is 1. The van der Waals surface area contributed by atoms with Crippen LogP contribution < -0.4 is 5.73 Å². The van der Waals surface area contributed by atoms with Crippen LogP contribution in [-0.2, 0) is 11.2 Å². The van der Waals surface area contributed by atoms with Crippen molar-refractivity contribution in [2.75, 3.05) is 0 Å². The molecule has 0 saturated carbocycles. The quantitative estimate of drug-likeness (QED) is 0.888. The molecule has 2 rings (SSSR count). The van der Waals surface area contributed by atoms with Crippen LogP contribution >= 0.6 is 11.8 Å². The number of amides is 1. The van der Waals surface area contributed by atoms with E-state index in [9.17, 15) is 9.59 Å². The first-order chi connectivity index (χ1) is 10.0. The van der Waals surface area contributed by atoms with E-state index in [0.29, 0.717) is 12.0 Å². The number of hydrogen-bond donors (Lipinski definition) is 1. The highest BCUT2D eigenvalue weighted by Gasteiger charge is 2.02. The predicted octanol–water partition coefficient (Wildman–Crippen LogP) is 3.46. The summed E-state index contributed by atoms with van der Waals surface area (Å²) in [7, 11) is 0. The zero-order valence-corrected chi connectivity index (χ0v) is 12.7. The van der Waals surface area contributed by atoms with Crippen LogP contribution in [0.2, 0.25) is 0 Å². The summed E-state index contributed by atoms with van der Waals surface area (Å²) in [5, 5.41) is 0. The van der Waals surface area contributed by atoms with Gasteiger partial charge in [0.2, 0.25) is 5.91 Å². The summed E-state index contributed by atoms with van der Waals surface area (Å²) in [6.07, 6.45) is 1.37. The standard InChI is InChI=1S/C17H17NO2S/c1-12(19)2-3-13-4-8-15(9-5-13)21-16-10-6-14(7-11-16)17(18)20/h4-11H,2-3H2,1H3,(H2,18,20). The maximum absolute atomic E-state index is 11.0. The van der Waals surface area contributed by atoms with Gasteiger partial charge in [0.05, 0.1) is 0 Å². The zero-order valence-electron chi connectivity index (χ0n) is 11.8. The van der Waals surface area contributed by atoms with Gasteiger partial charge in [-0.05, 0) is 55.3 Å². The Balaban J connectivity index is 1.99. The average molecular weight is 299 g/mol. The number of hydrogen-bond acceptors (Lipinski definition) is 3. The van der Waals surface area contributed by atoms with Gasteiger partial charge in [0.25, 0.3) is 0 Å². The number of ketones is 1. The van der Waals surface area contributed by atoms with Crippen molar-refractivity contribution in [1.82, 2.24) is 0 Å². The topological polar surface area (TPSA) is 60.2 Å². The summed E-state index contributed by atoms with van der Waals surface area (Å²) in [4.78, 5) is 24.1. The molecule has 0 saturated heterocycles. The molecule has 108 valence electrons. The number of carbonyl (C=O) groups is 2. The van der Waals surface area contributed by atoms with Crippen LogP contribution in [0.1, 0.15) is 29.3 Å². The smallest absolute Gasteiger partial charge is 0.248 e. The lowest BCUT2D eigenvalue weighted by Crippen LogP contribution is -2.10.